The average Bonchev–Trinajstić information content (AvgIpc) is 2.77. The van der Waals surface area contributed by atoms with Crippen molar-refractivity contribution in [3.8, 4) is 0 Å². The van der Waals surface area contributed by atoms with E-state index in [1.54, 1.807) is 36.1 Å². The van der Waals surface area contributed by atoms with Crippen LogP contribution < -0.4 is 5.56 Å². The first-order chi connectivity index (χ1) is 14.1. The van der Waals surface area contributed by atoms with Crippen molar-refractivity contribution in [2.45, 2.75) is 26.4 Å². The van der Waals surface area contributed by atoms with Crippen molar-refractivity contribution in [1.29, 1.82) is 0 Å². The van der Waals surface area contributed by atoms with E-state index in [2.05, 4.69) is 11.2 Å². The first-order valence-corrected chi connectivity index (χ1v) is 9.60. The number of esters is 1. The second-order valence-corrected chi connectivity index (χ2v) is 6.93. The summed E-state index contributed by atoms with van der Waals surface area (Å²) in [7, 11) is 0. The molecule has 0 aliphatic carbocycles. The standard InChI is InChI=1S/C22H21N3O4/c1-2-25-21(27)18-10-6-5-9-17(18)20(23-25)22(28)29-14-19(26)24-12-11-15-7-3-4-8-16(15)13-24/h3-10H,2,11-14H2,1H3. The minimum absolute atomic E-state index is 0.0406. The zero-order valence-electron chi connectivity index (χ0n) is 16.1. The summed E-state index contributed by atoms with van der Waals surface area (Å²) in [6.07, 6.45) is 0.781. The summed E-state index contributed by atoms with van der Waals surface area (Å²) >= 11 is 0. The third-order valence-corrected chi connectivity index (χ3v) is 5.17. The highest BCUT2D eigenvalue weighted by atomic mass is 16.5. The van der Waals surface area contributed by atoms with Crippen molar-refractivity contribution in [2.75, 3.05) is 13.2 Å². The normalized spacial score (nSPS) is 13.2. The van der Waals surface area contributed by atoms with Crippen LogP contribution in [0, 0.1) is 0 Å². The fourth-order valence-electron chi connectivity index (χ4n) is 3.60. The van der Waals surface area contributed by atoms with Gasteiger partial charge in [0.25, 0.3) is 11.5 Å². The largest absolute Gasteiger partial charge is 0.451 e. The van der Waals surface area contributed by atoms with Crippen LogP contribution >= 0.6 is 0 Å². The number of ether oxygens (including phenoxy) is 1. The number of benzene rings is 2. The lowest BCUT2D eigenvalue weighted by Crippen LogP contribution is -2.38. The third-order valence-electron chi connectivity index (χ3n) is 5.17. The van der Waals surface area contributed by atoms with Crippen LogP contribution in [0.1, 0.15) is 28.5 Å². The number of nitrogens with zero attached hydrogens (tertiary/aromatic N) is 3. The van der Waals surface area contributed by atoms with Crippen LogP contribution in [0.4, 0.5) is 0 Å². The molecule has 0 fully saturated rings. The van der Waals surface area contributed by atoms with E-state index in [1.807, 2.05) is 18.2 Å². The molecule has 3 aromatic rings. The van der Waals surface area contributed by atoms with Crippen molar-refractivity contribution < 1.29 is 14.3 Å². The Morgan fingerprint density at radius 2 is 1.72 bits per heavy atom. The molecule has 1 aliphatic rings. The first-order valence-electron chi connectivity index (χ1n) is 9.60. The second kappa shape index (κ2) is 7.87. The molecule has 2 heterocycles. The van der Waals surface area contributed by atoms with Crippen LogP contribution in [0.2, 0.25) is 0 Å². The maximum Gasteiger partial charge on any atom is 0.359 e. The van der Waals surface area contributed by atoms with Gasteiger partial charge in [0.2, 0.25) is 0 Å². The number of aromatic nitrogens is 2. The lowest BCUT2D eigenvalue weighted by Gasteiger charge is -2.28. The number of hydrogen-bond donors (Lipinski definition) is 0. The van der Waals surface area contributed by atoms with Crippen molar-refractivity contribution >= 4 is 22.6 Å². The summed E-state index contributed by atoms with van der Waals surface area (Å²) in [5, 5.41) is 4.96. The van der Waals surface area contributed by atoms with Crippen LogP contribution in [-0.2, 0) is 29.0 Å². The van der Waals surface area contributed by atoms with Gasteiger partial charge in [-0.05, 0) is 30.5 Å². The van der Waals surface area contributed by atoms with Crippen LogP contribution in [0.3, 0.4) is 0 Å². The number of rotatable bonds is 4. The van der Waals surface area contributed by atoms with Gasteiger partial charge in [-0.15, -0.1) is 0 Å². The number of carbonyl (C=O) groups excluding carboxylic acids is 2. The Bertz CT molecular complexity index is 1150. The lowest BCUT2D eigenvalue weighted by molar-refractivity contribution is -0.135. The molecule has 0 radical (unpaired) electrons. The van der Waals surface area contributed by atoms with E-state index in [-0.39, 0.29) is 23.8 Å². The number of amides is 1. The Labute approximate surface area is 167 Å². The van der Waals surface area contributed by atoms with Crippen molar-refractivity contribution in [3.63, 3.8) is 0 Å². The van der Waals surface area contributed by atoms with Gasteiger partial charge in [-0.1, -0.05) is 42.5 Å². The summed E-state index contributed by atoms with van der Waals surface area (Å²) in [6.45, 7) is 2.85. The fraction of sp³-hybridized carbons (Fsp3) is 0.273. The minimum atomic E-state index is -0.714. The molecule has 29 heavy (non-hydrogen) atoms. The van der Waals surface area contributed by atoms with Gasteiger partial charge < -0.3 is 9.64 Å². The van der Waals surface area contributed by atoms with E-state index in [1.165, 1.54) is 10.2 Å². The zero-order chi connectivity index (χ0) is 20.4. The number of hydrogen-bond acceptors (Lipinski definition) is 5. The van der Waals surface area contributed by atoms with E-state index in [0.717, 1.165) is 12.0 Å². The summed E-state index contributed by atoms with van der Waals surface area (Å²) in [5.74, 6) is -0.963. The Morgan fingerprint density at radius 3 is 2.48 bits per heavy atom. The third kappa shape index (κ3) is 3.63. The predicted molar refractivity (Wildman–Crippen MR) is 108 cm³/mol. The van der Waals surface area contributed by atoms with Gasteiger partial charge in [-0.3, -0.25) is 9.59 Å². The fourth-order valence-corrected chi connectivity index (χ4v) is 3.60. The first kappa shape index (κ1) is 18.9. The van der Waals surface area contributed by atoms with E-state index >= 15 is 0 Å². The maximum atomic E-state index is 12.7. The smallest absolute Gasteiger partial charge is 0.359 e. The quantitative estimate of drug-likeness (QED) is 0.637. The van der Waals surface area contributed by atoms with Gasteiger partial charge in [0.15, 0.2) is 12.3 Å². The molecule has 0 spiro atoms. The van der Waals surface area contributed by atoms with Crippen LogP contribution in [0.25, 0.3) is 10.8 Å². The molecule has 0 atom stereocenters. The van der Waals surface area contributed by atoms with E-state index in [0.29, 0.717) is 30.4 Å². The molecule has 2 aromatic carbocycles. The van der Waals surface area contributed by atoms with Gasteiger partial charge in [-0.25, -0.2) is 9.48 Å². The average molecular weight is 391 g/mol. The minimum Gasteiger partial charge on any atom is -0.451 e. The topological polar surface area (TPSA) is 81.5 Å². The highest BCUT2D eigenvalue weighted by Crippen LogP contribution is 2.19. The molecule has 0 bridgehead atoms. The zero-order valence-corrected chi connectivity index (χ0v) is 16.1. The SMILES string of the molecule is CCn1nc(C(=O)OCC(=O)N2CCc3ccccc3C2)c2ccccc2c1=O. The molecule has 0 unspecified atom stereocenters. The Balaban J connectivity index is 1.50. The maximum absolute atomic E-state index is 12.7. The van der Waals surface area contributed by atoms with E-state index < -0.39 is 5.97 Å². The summed E-state index contributed by atoms with van der Waals surface area (Å²) in [6, 6.07) is 14.8. The molecule has 148 valence electrons. The molecule has 4 rings (SSSR count). The molecular weight excluding hydrogens is 370 g/mol. The number of carbonyl (C=O) groups is 2. The molecular formula is C22H21N3O4. The Hall–Kier alpha value is -3.48. The molecule has 7 heteroatoms. The van der Waals surface area contributed by atoms with Gasteiger partial charge in [-0.2, -0.15) is 5.10 Å². The van der Waals surface area contributed by atoms with Gasteiger partial charge >= 0.3 is 5.97 Å². The molecule has 0 saturated heterocycles. The van der Waals surface area contributed by atoms with Gasteiger partial charge in [0.1, 0.15) is 0 Å². The summed E-state index contributed by atoms with van der Waals surface area (Å²) < 4.78 is 6.50. The van der Waals surface area contributed by atoms with E-state index in [4.69, 9.17) is 4.74 Å². The summed E-state index contributed by atoms with van der Waals surface area (Å²) in [5.41, 5.74) is 2.13. The monoisotopic (exact) mass is 391 g/mol. The van der Waals surface area contributed by atoms with Gasteiger partial charge in [0, 0.05) is 25.0 Å². The Morgan fingerprint density at radius 1 is 1.03 bits per heavy atom. The molecule has 1 aromatic heterocycles. The predicted octanol–water partition coefficient (Wildman–Crippen LogP) is 2.16. The molecule has 0 N–H and O–H groups in total. The lowest BCUT2D eigenvalue weighted by atomic mass is 10.00. The van der Waals surface area contributed by atoms with Crippen molar-refractivity contribution in [2.24, 2.45) is 0 Å². The molecule has 1 aliphatic heterocycles. The Kier molecular flexibility index (Phi) is 5.12. The number of aryl methyl sites for hydroxylation is 1. The highest BCUT2D eigenvalue weighted by molar-refractivity contribution is 6.02. The van der Waals surface area contributed by atoms with Crippen molar-refractivity contribution in [1.82, 2.24) is 14.7 Å². The van der Waals surface area contributed by atoms with E-state index in [9.17, 15) is 14.4 Å². The van der Waals surface area contributed by atoms with Crippen molar-refractivity contribution in [3.05, 3.63) is 75.7 Å². The second-order valence-electron chi connectivity index (χ2n) is 6.93. The summed E-state index contributed by atoms with van der Waals surface area (Å²) in [4.78, 5) is 39.3. The van der Waals surface area contributed by atoms with Crippen LogP contribution in [-0.4, -0.2) is 39.7 Å². The van der Waals surface area contributed by atoms with Crippen LogP contribution in [0.5, 0.6) is 0 Å². The van der Waals surface area contributed by atoms with Crippen LogP contribution in [0.15, 0.2) is 53.3 Å². The molecule has 7 nitrogen and oxygen atoms in total. The van der Waals surface area contributed by atoms with Gasteiger partial charge in [0.05, 0.1) is 5.39 Å². The molecule has 0 saturated carbocycles. The highest BCUT2D eigenvalue weighted by Gasteiger charge is 2.23. The number of fused-ring (bicyclic) bond motifs is 2. The molecule has 1 amide bonds.